The van der Waals surface area contributed by atoms with E-state index in [1.807, 2.05) is 0 Å². The van der Waals surface area contributed by atoms with Gasteiger partial charge in [0.2, 0.25) is 0 Å². The molecule has 3 N–H and O–H groups in total. The molecule has 6 nitrogen and oxygen atoms in total. The van der Waals surface area contributed by atoms with E-state index in [0.717, 1.165) is 0 Å². The van der Waals surface area contributed by atoms with Crippen molar-refractivity contribution in [2.24, 2.45) is 0 Å². The Labute approximate surface area is 167 Å². The monoisotopic (exact) mass is 564 g/mol. The molecule has 0 rings (SSSR count). The van der Waals surface area contributed by atoms with Crippen LogP contribution in [0.25, 0.3) is 11.5 Å². The maximum atomic E-state index is 10.5. The second-order valence-corrected chi connectivity index (χ2v) is 5.53. The van der Waals surface area contributed by atoms with Gasteiger partial charge in [0, 0.05) is 32.7 Å². The molecular weight excluding hydrogens is 547 g/mol. The quantitative estimate of drug-likeness (QED) is 0.256. The second kappa shape index (κ2) is 22.7. The van der Waals surface area contributed by atoms with Crippen LogP contribution in [0.15, 0.2) is 0 Å². The molecule has 2 atom stereocenters. The van der Waals surface area contributed by atoms with Crippen LogP contribution in [0.4, 0.5) is 0 Å². The van der Waals surface area contributed by atoms with Gasteiger partial charge in [-0.05, 0) is 19.7 Å². The third-order valence-electron chi connectivity index (χ3n) is 1.62. The first kappa shape index (κ1) is 29.4. The van der Waals surface area contributed by atoms with Gasteiger partial charge in [-0.15, -0.1) is 16.8 Å². The van der Waals surface area contributed by atoms with E-state index in [4.69, 9.17) is 11.5 Å². The Balaban J connectivity index is -0.000000126. The Bertz CT molecular complexity index is 250. The summed E-state index contributed by atoms with van der Waals surface area (Å²) in [7, 11) is 4.31. The van der Waals surface area contributed by atoms with Crippen LogP contribution < -0.4 is 5.32 Å². The number of carbonyl (C=O) groups is 1. The maximum absolute atomic E-state index is 10.5. The van der Waals surface area contributed by atoms with Gasteiger partial charge in [0.25, 0.3) is 0 Å². The third-order valence-corrected chi connectivity index (χ3v) is 3.76. The first-order valence-corrected chi connectivity index (χ1v) is 7.52. The molecule has 0 fully saturated rings. The summed E-state index contributed by atoms with van der Waals surface area (Å²) in [6, 6.07) is -1.06. The fourth-order valence-corrected chi connectivity index (χ4v) is 2.19. The number of hydrogen-bond donors (Lipinski definition) is 1. The Morgan fingerprint density at radius 2 is 1.90 bits per heavy atom. The van der Waals surface area contributed by atoms with Gasteiger partial charge in [-0.1, -0.05) is 22.6 Å². The molecule has 0 saturated carbocycles. The van der Waals surface area contributed by atoms with Crippen LogP contribution in [-0.2, 0) is 68.2 Å². The van der Waals surface area contributed by atoms with Crippen molar-refractivity contribution in [3.63, 3.8) is 0 Å². The molecule has 0 aliphatic heterocycles. The van der Waals surface area contributed by atoms with E-state index in [0.29, 0.717) is 11.5 Å². The van der Waals surface area contributed by atoms with Gasteiger partial charge in [-0.2, -0.15) is 6.54 Å². The number of nitrogens with one attached hydrogen (secondary N) is 3. The predicted octanol–water partition coefficient (Wildman–Crippen LogP) is 1.22. The largest absolute Gasteiger partial charge is 2.00 e. The molecular formula is C10H17N3O3S2WY-2. The summed E-state index contributed by atoms with van der Waals surface area (Å²) in [4.78, 5) is 29.9. The summed E-state index contributed by atoms with van der Waals surface area (Å²) in [5.74, 6) is 0.616. The summed E-state index contributed by atoms with van der Waals surface area (Å²) >= 11 is 0. The van der Waals surface area contributed by atoms with Crippen molar-refractivity contribution in [1.29, 1.82) is 0 Å². The predicted molar refractivity (Wildman–Crippen MR) is 77.1 cm³/mol. The van der Waals surface area contributed by atoms with E-state index in [-0.39, 0.29) is 66.1 Å². The van der Waals surface area contributed by atoms with Gasteiger partial charge in [0.05, 0.1) is 0 Å². The zero-order chi connectivity index (χ0) is 14.4. The van der Waals surface area contributed by atoms with E-state index < -0.39 is 12.1 Å². The number of Topliss-reactive ketones (excluding diaryl/α,β-unsaturated/α-hetero) is 1. The minimum Gasteiger partial charge on any atom is -0.678 e. The van der Waals surface area contributed by atoms with Gasteiger partial charge < -0.3 is 31.2 Å². The molecule has 0 aromatic rings. The van der Waals surface area contributed by atoms with Crippen LogP contribution in [0.3, 0.4) is 0 Å². The molecule has 2 unspecified atom stereocenters. The van der Waals surface area contributed by atoms with Gasteiger partial charge >= 0.3 is 21.1 Å². The normalized spacial score (nSPS) is 11.6. The second-order valence-electron chi connectivity index (χ2n) is 3.02. The zero-order valence-corrected chi connectivity index (χ0v) is 18.7. The minimum absolute atomic E-state index is 0. The molecule has 0 aliphatic rings. The smallest absolute Gasteiger partial charge is 0.678 e. The molecule has 0 bridgehead atoms. The first-order valence-electron chi connectivity index (χ1n) is 5.03. The molecule has 0 saturated heterocycles. The van der Waals surface area contributed by atoms with Crippen LogP contribution in [-0.4, -0.2) is 55.5 Å². The van der Waals surface area contributed by atoms with Crippen LogP contribution in [0.2, 0.25) is 0 Å². The van der Waals surface area contributed by atoms with Crippen LogP contribution in [0, 0.1) is 0 Å². The molecule has 0 aliphatic carbocycles. The van der Waals surface area contributed by atoms with Crippen molar-refractivity contribution in [3.8, 4) is 0 Å². The Morgan fingerprint density at radius 1 is 1.35 bits per heavy atom. The van der Waals surface area contributed by atoms with Gasteiger partial charge in [0.1, 0.15) is 5.78 Å². The van der Waals surface area contributed by atoms with E-state index in [2.05, 4.69) is 5.32 Å². The van der Waals surface area contributed by atoms with Crippen molar-refractivity contribution in [2.45, 2.75) is 19.0 Å². The average Bonchev–Trinajstić information content (AvgIpc) is 2.37. The van der Waals surface area contributed by atoms with Crippen LogP contribution in [0.5, 0.6) is 0 Å². The molecule has 20 heavy (non-hydrogen) atoms. The van der Waals surface area contributed by atoms with E-state index >= 15 is 0 Å². The fraction of sp³-hybridized carbons (Fsp3) is 0.700. The molecule has 0 heterocycles. The number of rotatable bonds is 9. The summed E-state index contributed by atoms with van der Waals surface area (Å²) < 4.78 is 0. The number of likely N-dealkylation sites (N-methyl/N-ethyl adjacent to an activating group) is 1. The van der Waals surface area contributed by atoms with Crippen molar-refractivity contribution in [1.82, 2.24) is 5.32 Å². The van der Waals surface area contributed by atoms with E-state index in [1.54, 1.807) is 19.6 Å². The summed E-state index contributed by atoms with van der Waals surface area (Å²) in [6.45, 7) is 1.47. The molecule has 113 valence electrons. The zero-order valence-electron chi connectivity index (χ0n) is 11.3. The first-order chi connectivity index (χ1) is 8.53. The van der Waals surface area contributed by atoms with Crippen LogP contribution in [0.1, 0.15) is 6.92 Å². The molecule has 0 aromatic carbocycles. The minimum atomic E-state index is -0.654. The SMILES string of the molecule is CC(=O)C([NH-])CSSC[C-]=O.CNC([C-]=O)C[NH-].[W+2].[Y]. The van der Waals surface area contributed by atoms with Crippen molar-refractivity contribution in [3.05, 3.63) is 11.5 Å². The Hall–Kier alpha value is 1.38. The molecule has 1 radical (unpaired) electrons. The maximum Gasteiger partial charge on any atom is 2.00 e. The van der Waals surface area contributed by atoms with Crippen molar-refractivity contribution >= 4 is 39.9 Å². The summed E-state index contributed by atoms with van der Waals surface area (Å²) in [5, 5.41) is 2.59. The Morgan fingerprint density at radius 3 is 2.15 bits per heavy atom. The molecule has 0 spiro atoms. The fourth-order valence-electron chi connectivity index (χ4n) is 0.502. The van der Waals surface area contributed by atoms with E-state index in [9.17, 15) is 14.4 Å². The van der Waals surface area contributed by atoms with Crippen molar-refractivity contribution < 1.29 is 68.2 Å². The molecule has 0 amide bonds. The average molecular weight is 564 g/mol. The number of ketones is 1. The van der Waals surface area contributed by atoms with Gasteiger partial charge in [-0.25, -0.2) is 6.29 Å². The van der Waals surface area contributed by atoms with Gasteiger partial charge in [-0.3, -0.25) is 6.29 Å². The standard InChI is InChI=1S/C6H9NO2S2.C4H8N2O.W.Y/c1-5(9)6(7)4-11-10-3-2-8;1-6-4(2-5)3-7;;/h6-7H,3-4H2,1H3;4-6H,2H2,1H3;;/q2*-2;+2;. The van der Waals surface area contributed by atoms with Gasteiger partial charge in [0.15, 0.2) is 0 Å². The Kier molecular flexibility index (Phi) is 33.3. The summed E-state index contributed by atoms with van der Waals surface area (Å²) in [6.07, 6.45) is 3.37. The number of carbonyl (C=O) groups excluding carboxylic acids is 3. The van der Waals surface area contributed by atoms with E-state index in [1.165, 1.54) is 28.5 Å². The number of hydrogen-bond acceptors (Lipinski definition) is 6. The molecule has 0 aromatic heterocycles. The van der Waals surface area contributed by atoms with Crippen molar-refractivity contribution in [2.75, 3.05) is 25.1 Å². The topological polar surface area (TPSA) is 111 Å². The van der Waals surface area contributed by atoms with Crippen LogP contribution >= 0.6 is 21.6 Å². The molecule has 10 heteroatoms. The third kappa shape index (κ3) is 21.7. The summed E-state index contributed by atoms with van der Waals surface area (Å²) in [5.41, 5.74) is 13.8.